The molecule has 0 fully saturated rings. The van der Waals surface area contributed by atoms with Crippen LogP contribution in [-0.4, -0.2) is 38.0 Å². The van der Waals surface area contributed by atoms with Crippen molar-refractivity contribution in [2.24, 2.45) is 0 Å². The summed E-state index contributed by atoms with van der Waals surface area (Å²) in [4.78, 5) is 11.5. The highest BCUT2D eigenvalue weighted by Crippen LogP contribution is 2.10. The number of carbonyl (C=O) groups excluding carboxylic acids is 1. The molecule has 1 aromatic carbocycles. The maximum Gasteiger partial charge on any atom is 0.251 e. The summed E-state index contributed by atoms with van der Waals surface area (Å²) in [5.41, 5.74) is 0.300. The van der Waals surface area contributed by atoms with Gasteiger partial charge >= 0.3 is 0 Å². The van der Waals surface area contributed by atoms with Crippen molar-refractivity contribution < 1.29 is 18.3 Å². The molecule has 0 bridgehead atoms. The molecule has 0 radical (unpaired) electrons. The maximum atomic E-state index is 11.5. The normalized spacial score (nSPS) is 11.1. The Kier molecular flexibility index (Phi) is 3.89. The van der Waals surface area contributed by atoms with Gasteiger partial charge in [-0.1, -0.05) is 6.07 Å². The molecule has 2 N–H and O–H groups in total. The van der Waals surface area contributed by atoms with Crippen LogP contribution in [0.3, 0.4) is 0 Å². The molecule has 0 heterocycles. The molecule has 1 aromatic rings. The molecule has 0 aliphatic rings. The number of amides is 1. The molecular formula is C10H13NO4S. The minimum atomic E-state index is -3.07. The van der Waals surface area contributed by atoms with Gasteiger partial charge in [0.1, 0.15) is 15.6 Å². The van der Waals surface area contributed by atoms with Crippen LogP contribution in [0.1, 0.15) is 10.4 Å². The third-order valence-corrected chi connectivity index (χ3v) is 2.81. The summed E-state index contributed by atoms with van der Waals surface area (Å²) in [6.45, 7) is 0.0628. The number of benzene rings is 1. The average Bonchev–Trinajstić information content (AvgIpc) is 2.15. The Hall–Kier alpha value is -1.56. The third kappa shape index (κ3) is 4.31. The number of carbonyl (C=O) groups is 1. The molecule has 0 aliphatic heterocycles. The molecule has 0 atom stereocenters. The molecule has 0 saturated heterocycles. The van der Waals surface area contributed by atoms with Gasteiger partial charge in [-0.05, 0) is 18.2 Å². The third-order valence-electron chi connectivity index (χ3n) is 1.87. The Morgan fingerprint density at radius 2 is 2.12 bits per heavy atom. The van der Waals surface area contributed by atoms with E-state index in [0.29, 0.717) is 5.56 Å². The number of rotatable bonds is 4. The van der Waals surface area contributed by atoms with Crippen LogP contribution in [0.2, 0.25) is 0 Å². The molecule has 1 rings (SSSR count). The molecule has 0 aromatic heterocycles. The van der Waals surface area contributed by atoms with E-state index in [4.69, 9.17) is 5.11 Å². The Labute approximate surface area is 94.0 Å². The van der Waals surface area contributed by atoms with E-state index in [1.165, 1.54) is 18.2 Å². The fourth-order valence-electron chi connectivity index (χ4n) is 1.10. The molecule has 6 heteroatoms. The van der Waals surface area contributed by atoms with Crippen LogP contribution in [0.5, 0.6) is 5.75 Å². The Morgan fingerprint density at radius 1 is 1.44 bits per heavy atom. The van der Waals surface area contributed by atoms with Crippen LogP contribution >= 0.6 is 0 Å². The summed E-state index contributed by atoms with van der Waals surface area (Å²) in [5.74, 6) is -0.507. The molecule has 5 nitrogen and oxygen atoms in total. The van der Waals surface area contributed by atoms with Gasteiger partial charge in [0.2, 0.25) is 0 Å². The van der Waals surface area contributed by atoms with E-state index in [-0.39, 0.29) is 18.0 Å². The minimum absolute atomic E-state index is 0.00392. The van der Waals surface area contributed by atoms with Crippen LogP contribution in [-0.2, 0) is 9.84 Å². The monoisotopic (exact) mass is 243 g/mol. The molecule has 0 spiro atoms. The Balaban J connectivity index is 2.54. The van der Waals surface area contributed by atoms with E-state index in [1.54, 1.807) is 6.07 Å². The van der Waals surface area contributed by atoms with Gasteiger partial charge in [-0.15, -0.1) is 0 Å². The lowest BCUT2D eigenvalue weighted by Crippen LogP contribution is -2.28. The SMILES string of the molecule is CS(=O)(=O)CCNC(=O)c1cccc(O)c1. The second-order valence-electron chi connectivity index (χ2n) is 3.44. The first-order valence-corrected chi connectivity index (χ1v) is 6.69. The molecule has 0 aliphatic carbocycles. The van der Waals surface area contributed by atoms with Crippen molar-refractivity contribution in [3.05, 3.63) is 29.8 Å². The van der Waals surface area contributed by atoms with E-state index in [2.05, 4.69) is 5.32 Å². The van der Waals surface area contributed by atoms with Gasteiger partial charge in [0, 0.05) is 18.4 Å². The first kappa shape index (κ1) is 12.5. The van der Waals surface area contributed by atoms with Gasteiger partial charge in [0.15, 0.2) is 0 Å². The predicted octanol–water partition coefficient (Wildman–Crippen LogP) is 0.167. The number of phenols is 1. The molecule has 0 saturated carbocycles. The average molecular weight is 243 g/mol. The van der Waals surface area contributed by atoms with Crippen LogP contribution < -0.4 is 5.32 Å². The van der Waals surface area contributed by atoms with Crippen molar-refractivity contribution in [1.29, 1.82) is 0 Å². The quantitative estimate of drug-likeness (QED) is 0.789. The zero-order valence-electron chi connectivity index (χ0n) is 8.80. The number of sulfone groups is 1. The summed E-state index contributed by atoms with van der Waals surface area (Å²) in [6.07, 6.45) is 1.10. The highest BCUT2D eigenvalue weighted by atomic mass is 32.2. The van der Waals surface area contributed by atoms with Crippen LogP contribution in [0, 0.1) is 0 Å². The van der Waals surface area contributed by atoms with Crippen molar-refractivity contribution in [2.75, 3.05) is 18.6 Å². The standard InChI is InChI=1S/C10H13NO4S/c1-16(14,15)6-5-11-10(13)8-3-2-4-9(12)7-8/h2-4,7,12H,5-6H2,1H3,(H,11,13). The molecule has 1 amide bonds. The van der Waals surface area contributed by atoms with Crippen LogP contribution in [0.4, 0.5) is 0 Å². The smallest absolute Gasteiger partial charge is 0.251 e. The molecule has 88 valence electrons. The lowest BCUT2D eigenvalue weighted by atomic mass is 10.2. The Bertz CT molecular complexity index is 481. The summed E-state index contributed by atoms with van der Waals surface area (Å²) in [5, 5.41) is 11.6. The highest BCUT2D eigenvalue weighted by molar-refractivity contribution is 7.90. The van der Waals surface area contributed by atoms with Crippen molar-refractivity contribution in [1.82, 2.24) is 5.32 Å². The van der Waals surface area contributed by atoms with E-state index in [1.807, 2.05) is 0 Å². The topological polar surface area (TPSA) is 83.5 Å². The van der Waals surface area contributed by atoms with Crippen LogP contribution in [0.25, 0.3) is 0 Å². The molecule has 16 heavy (non-hydrogen) atoms. The van der Waals surface area contributed by atoms with Gasteiger partial charge in [-0.3, -0.25) is 4.79 Å². The number of hydrogen-bond acceptors (Lipinski definition) is 4. The van der Waals surface area contributed by atoms with Crippen molar-refractivity contribution in [3.63, 3.8) is 0 Å². The number of phenolic OH excluding ortho intramolecular Hbond substituents is 1. The van der Waals surface area contributed by atoms with Gasteiger partial charge in [-0.25, -0.2) is 8.42 Å². The minimum Gasteiger partial charge on any atom is -0.508 e. The Morgan fingerprint density at radius 3 is 2.69 bits per heavy atom. The van der Waals surface area contributed by atoms with E-state index in [0.717, 1.165) is 6.26 Å². The molecule has 0 unspecified atom stereocenters. The van der Waals surface area contributed by atoms with Crippen molar-refractivity contribution >= 4 is 15.7 Å². The van der Waals surface area contributed by atoms with Crippen LogP contribution in [0.15, 0.2) is 24.3 Å². The van der Waals surface area contributed by atoms with Gasteiger partial charge in [-0.2, -0.15) is 0 Å². The number of hydrogen-bond donors (Lipinski definition) is 2. The molecular weight excluding hydrogens is 230 g/mol. The number of nitrogens with one attached hydrogen (secondary N) is 1. The van der Waals surface area contributed by atoms with Gasteiger partial charge in [0.05, 0.1) is 5.75 Å². The summed E-state index contributed by atoms with van der Waals surface area (Å²) < 4.78 is 21.6. The zero-order chi connectivity index (χ0) is 12.2. The lowest BCUT2D eigenvalue weighted by Gasteiger charge is -2.04. The number of aromatic hydroxyl groups is 1. The largest absolute Gasteiger partial charge is 0.508 e. The van der Waals surface area contributed by atoms with Crippen molar-refractivity contribution in [2.45, 2.75) is 0 Å². The second-order valence-corrected chi connectivity index (χ2v) is 5.70. The summed E-state index contributed by atoms with van der Waals surface area (Å²) in [7, 11) is -3.07. The first-order valence-electron chi connectivity index (χ1n) is 4.63. The predicted molar refractivity (Wildman–Crippen MR) is 60.2 cm³/mol. The fraction of sp³-hybridized carbons (Fsp3) is 0.300. The summed E-state index contributed by atoms with van der Waals surface area (Å²) in [6, 6.07) is 5.85. The van der Waals surface area contributed by atoms with E-state index < -0.39 is 15.7 Å². The van der Waals surface area contributed by atoms with E-state index in [9.17, 15) is 13.2 Å². The maximum absolute atomic E-state index is 11.5. The van der Waals surface area contributed by atoms with Gasteiger partial charge < -0.3 is 10.4 Å². The van der Waals surface area contributed by atoms with E-state index >= 15 is 0 Å². The summed E-state index contributed by atoms with van der Waals surface area (Å²) >= 11 is 0. The fourth-order valence-corrected chi connectivity index (χ4v) is 1.57. The highest BCUT2D eigenvalue weighted by Gasteiger charge is 2.07. The zero-order valence-corrected chi connectivity index (χ0v) is 9.62. The van der Waals surface area contributed by atoms with Gasteiger partial charge in [0.25, 0.3) is 5.91 Å². The second kappa shape index (κ2) is 4.98. The van der Waals surface area contributed by atoms with Crippen molar-refractivity contribution in [3.8, 4) is 5.75 Å². The first-order chi connectivity index (χ1) is 7.38. The lowest BCUT2D eigenvalue weighted by molar-refractivity contribution is 0.0955.